The smallest absolute Gasteiger partial charge is 0.283 e. The average Bonchev–Trinajstić information content (AvgIpc) is 2.95. The number of amidine groups is 3. The third-order valence-electron chi connectivity index (χ3n) is 3.49. The summed E-state index contributed by atoms with van der Waals surface area (Å²) in [5.74, 6) is 0.579. The summed E-state index contributed by atoms with van der Waals surface area (Å²) in [6.07, 6.45) is 1.71. The number of fused-ring (bicyclic) bond motifs is 1. The first kappa shape index (κ1) is 16.8. The van der Waals surface area contributed by atoms with Gasteiger partial charge in [0.2, 0.25) is 5.17 Å². The van der Waals surface area contributed by atoms with Gasteiger partial charge in [0.15, 0.2) is 5.17 Å². The number of amides is 1. The van der Waals surface area contributed by atoms with Crippen molar-refractivity contribution >= 4 is 57.6 Å². The zero-order chi connectivity index (χ0) is 17.3. The summed E-state index contributed by atoms with van der Waals surface area (Å²) >= 11 is 2.68. The maximum absolute atomic E-state index is 12.3. The van der Waals surface area contributed by atoms with Gasteiger partial charge in [-0.15, -0.1) is 0 Å². The van der Waals surface area contributed by atoms with E-state index in [2.05, 4.69) is 9.39 Å². The van der Waals surface area contributed by atoms with Gasteiger partial charge in [0.25, 0.3) is 5.91 Å². The van der Waals surface area contributed by atoms with Gasteiger partial charge in [0, 0.05) is 19.8 Å². The molecule has 3 rings (SSSR count). The lowest BCUT2D eigenvalue weighted by atomic mass is 10.1. The van der Waals surface area contributed by atoms with Gasteiger partial charge in [-0.05, 0) is 29.5 Å². The molecule has 2 aliphatic rings. The van der Waals surface area contributed by atoms with Gasteiger partial charge in [-0.2, -0.15) is 9.39 Å². The molecule has 1 amide bonds. The first-order chi connectivity index (χ1) is 11.5. The van der Waals surface area contributed by atoms with Crippen molar-refractivity contribution in [2.75, 3.05) is 24.7 Å². The minimum Gasteiger partial charge on any atom is -0.378 e. The lowest BCUT2D eigenvalue weighted by Gasteiger charge is -2.24. The molecular formula is C16H17N5OS2. The molecular weight excluding hydrogens is 342 g/mol. The van der Waals surface area contributed by atoms with Crippen molar-refractivity contribution in [2.45, 2.75) is 6.92 Å². The summed E-state index contributed by atoms with van der Waals surface area (Å²) in [6.45, 7) is 2.02. The number of thioether (sulfide) groups is 1. The summed E-state index contributed by atoms with van der Waals surface area (Å²) in [4.78, 5) is 20.0. The Hall–Kier alpha value is -2.06. The summed E-state index contributed by atoms with van der Waals surface area (Å²) in [7, 11) is 3.95. The zero-order valence-electron chi connectivity index (χ0n) is 13.6. The topological polar surface area (TPSA) is 72.1 Å². The van der Waals surface area contributed by atoms with E-state index in [1.165, 1.54) is 11.8 Å². The van der Waals surface area contributed by atoms with Gasteiger partial charge >= 0.3 is 0 Å². The van der Waals surface area contributed by atoms with Crippen LogP contribution in [0.25, 0.3) is 6.08 Å². The van der Waals surface area contributed by atoms with Crippen LogP contribution in [0.1, 0.15) is 12.5 Å². The predicted molar refractivity (Wildman–Crippen MR) is 104 cm³/mol. The SMILES string of the molecule is CCSC1=NSC2=NC(=O)/C(=C\c3ccc(N(C)C)cc3)C(=N)N12. The molecule has 0 aromatic heterocycles. The molecule has 6 nitrogen and oxygen atoms in total. The van der Waals surface area contributed by atoms with Crippen molar-refractivity contribution in [2.24, 2.45) is 9.39 Å². The molecule has 24 heavy (non-hydrogen) atoms. The Morgan fingerprint density at radius 3 is 2.67 bits per heavy atom. The minimum absolute atomic E-state index is 0.131. The van der Waals surface area contributed by atoms with Crippen molar-refractivity contribution < 1.29 is 4.79 Å². The fourth-order valence-electron chi connectivity index (χ4n) is 2.26. The highest BCUT2D eigenvalue weighted by Gasteiger charge is 2.37. The summed E-state index contributed by atoms with van der Waals surface area (Å²) in [6, 6.07) is 7.81. The highest BCUT2D eigenvalue weighted by Crippen LogP contribution is 2.31. The molecule has 0 saturated carbocycles. The van der Waals surface area contributed by atoms with E-state index in [1.54, 1.807) is 11.0 Å². The Kier molecular flexibility index (Phi) is 4.77. The highest BCUT2D eigenvalue weighted by atomic mass is 32.2. The lowest BCUT2D eigenvalue weighted by Crippen LogP contribution is -2.41. The molecule has 2 aliphatic heterocycles. The van der Waals surface area contributed by atoms with E-state index in [0.29, 0.717) is 10.3 Å². The van der Waals surface area contributed by atoms with E-state index in [4.69, 9.17) is 5.41 Å². The fraction of sp³-hybridized carbons (Fsp3) is 0.250. The number of rotatable bonds is 3. The van der Waals surface area contributed by atoms with E-state index in [-0.39, 0.29) is 11.4 Å². The third-order valence-corrected chi connectivity index (χ3v) is 5.13. The summed E-state index contributed by atoms with van der Waals surface area (Å²) < 4.78 is 4.29. The van der Waals surface area contributed by atoms with Crippen LogP contribution in [0.4, 0.5) is 5.69 Å². The predicted octanol–water partition coefficient (Wildman–Crippen LogP) is 3.08. The number of anilines is 1. The zero-order valence-corrected chi connectivity index (χ0v) is 15.2. The van der Waals surface area contributed by atoms with Gasteiger partial charge in [0.05, 0.1) is 17.5 Å². The number of aliphatic imine (C=N–C) groups is 1. The average molecular weight is 359 g/mol. The number of hydrogen-bond acceptors (Lipinski definition) is 6. The van der Waals surface area contributed by atoms with E-state index in [9.17, 15) is 4.79 Å². The Bertz CT molecular complexity index is 780. The second-order valence-electron chi connectivity index (χ2n) is 5.33. The molecule has 0 aliphatic carbocycles. The quantitative estimate of drug-likeness (QED) is 0.663. The number of hydrogen-bond donors (Lipinski definition) is 1. The Balaban J connectivity index is 1.92. The maximum atomic E-state index is 12.3. The first-order valence-electron chi connectivity index (χ1n) is 7.40. The lowest BCUT2D eigenvalue weighted by molar-refractivity contribution is -0.114. The molecule has 0 fully saturated rings. The standard InChI is InChI=1S/C16H17N5OS2/c1-4-23-16-19-24-15-18-14(22)12(13(17)21(15)16)9-10-5-7-11(8-6-10)20(2)3/h5-9,17H,4H2,1-3H3/b12-9-,17-13?. The van der Waals surface area contributed by atoms with Gasteiger partial charge in [0.1, 0.15) is 5.84 Å². The van der Waals surface area contributed by atoms with Crippen LogP contribution >= 0.6 is 23.7 Å². The van der Waals surface area contributed by atoms with Crippen LogP contribution in [-0.4, -0.2) is 46.8 Å². The van der Waals surface area contributed by atoms with Crippen LogP contribution in [0.15, 0.2) is 39.2 Å². The molecule has 8 heteroatoms. The molecule has 0 atom stereocenters. The maximum Gasteiger partial charge on any atom is 0.283 e. The molecule has 0 spiro atoms. The molecule has 124 valence electrons. The van der Waals surface area contributed by atoms with Crippen molar-refractivity contribution in [1.29, 1.82) is 5.41 Å². The van der Waals surface area contributed by atoms with Crippen molar-refractivity contribution in [3.8, 4) is 0 Å². The van der Waals surface area contributed by atoms with Crippen molar-refractivity contribution in [3.05, 3.63) is 35.4 Å². The molecule has 1 aromatic rings. The number of carbonyl (C=O) groups excluding carboxylic acids is 1. The van der Waals surface area contributed by atoms with Crippen LogP contribution in [0.5, 0.6) is 0 Å². The van der Waals surface area contributed by atoms with Crippen LogP contribution < -0.4 is 4.90 Å². The third kappa shape index (κ3) is 3.11. The monoisotopic (exact) mass is 359 g/mol. The number of nitrogens with zero attached hydrogens (tertiary/aromatic N) is 4. The largest absolute Gasteiger partial charge is 0.378 e. The van der Waals surface area contributed by atoms with E-state index < -0.39 is 5.91 Å². The van der Waals surface area contributed by atoms with E-state index >= 15 is 0 Å². The first-order valence-corrected chi connectivity index (χ1v) is 9.16. The molecule has 0 unspecified atom stereocenters. The Labute approximate surface area is 149 Å². The highest BCUT2D eigenvalue weighted by molar-refractivity contribution is 8.19. The number of carbonyl (C=O) groups is 1. The Morgan fingerprint density at radius 1 is 1.33 bits per heavy atom. The van der Waals surface area contributed by atoms with Crippen LogP contribution in [-0.2, 0) is 4.79 Å². The second-order valence-corrected chi connectivity index (χ2v) is 7.29. The van der Waals surface area contributed by atoms with E-state index in [1.807, 2.05) is 50.2 Å². The molecule has 0 saturated heterocycles. The second kappa shape index (κ2) is 6.82. The molecule has 1 aromatic carbocycles. The molecule has 1 N–H and O–H groups in total. The van der Waals surface area contributed by atoms with Crippen molar-refractivity contribution in [1.82, 2.24) is 4.90 Å². The fourth-order valence-corrected chi connectivity index (χ4v) is 3.83. The molecule has 0 radical (unpaired) electrons. The normalized spacial score (nSPS) is 18.6. The van der Waals surface area contributed by atoms with Crippen LogP contribution in [0.3, 0.4) is 0 Å². The van der Waals surface area contributed by atoms with E-state index in [0.717, 1.165) is 29.0 Å². The number of nitrogens with one attached hydrogen (secondary N) is 1. The Morgan fingerprint density at radius 2 is 2.04 bits per heavy atom. The summed E-state index contributed by atoms with van der Waals surface area (Å²) in [5.41, 5.74) is 2.22. The van der Waals surface area contributed by atoms with Gasteiger partial charge < -0.3 is 4.90 Å². The minimum atomic E-state index is -0.395. The van der Waals surface area contributed by atoms with Gasteiger partial charge in [-0.25, -0.2) is 4.90 Å². The molecule has 2 heterocycles. The molecule has 0 bridgehead atoms. The van der Waals surface area contributed by atoms with Gasteiger partial charge in [-0.1, -0.05) is 30.8 Å². The number of benzene rings is 1. The van der Waals surface area contributed by atoms with Gasteiger partial charge in [-0.3, -0.25) is 10.2 Å². The van der Waals surface area contributed by atoms with Crippen LogP contribution in [0, 0.1) is 5.41 Å². The van der Waals surface area contributed by atoms with Crippen LogP contribution in [0.2, 0.25) is 0 Å². The summed E-state index contributed by atoms with van der Waals surface area (Å²) in [5, 5.41) is 9.57. The van der Waals surface area contributed by atoms with Crippen molar-refractivity contribution in [3.63, 3.8) is 0 Å².